The number of nitrogens with one attached hydrogen (secondary N) is 2. The lowest BCUT2D eigenvalue weighted by atomic mass is 10.1. The van der Waals surface area contributed by atoms with E-state index in [1.807, 2.05) is 0 Å². The lowest BCUT2D eigenvalue weighted by molar-refractivity contribution is -0.115. The molecular formula is C19H18N6O3S. The number of hydrogen-bond donors (Lipinski definition) is 4. The van der Waals surface area contributed by atoms with E-state index in [9.17, 15) is 14.4 Å². The van der Waals surface area contributed by atoms with Gasteiger partial charge in [0.15, 0.2) is 10.9 Å². The molecule has 2 amide bonds. The molecule has 0 aliphatic carbocycles. The summed E-state index contributed by atoms with van der Waals surface area (Å²) in [6, 6.07) is 13.1. The van der Waals surface area contributed by atoms with Crippen molar-refractivity contribution in [1.82, 2.24) is 15.2 Å². The van der Waals surface area contributed by atoms with Crippen molar-refractivity contribution in [3.8, 4) is 11.3 Å². The molecule has 2 aromatic carbocycles. The summed E-state index contributed by atoms with van der Waals surface area (Å²) in [6.45, 7) is 1.67. The number of primary amides is 1. The van der Waals surface area contributed by atoms with E-state index in [0.29, 0.717) is 22.5 Å². The van der Waals surface area contributed by atoms with Crippen LogP contribution in [0.2, 0.25) is 0 Å². The van der Waals surface area contributed by atoms with E-state index in [0.717, 1.165) is 11.8 Å². The van der Waals surface area contributed by atoms with Crippen LogP contribution in [0.5, 0.6) is 0 Å². The second-order valence-electron chi connectivity index (χ2n) is 6.09. The smallest absolute Gasteiger partial charge is 0.278 e. The van der Waals surface area contributed by atoms with Crippen LogP contribution < -0.4 is 22.3 Å². The highest BCUT2D eigenvalue weighted by Crippen LogP contribution is 2.23. The van der Waals surface area contributed by atoms with Crippen molar-refractivity contribution in [3.63, 3.8) is 0 Å². The van der Waals surface area contributed by atoms with E-state index in [2.05, 4.69) is 20.5 Å². The van der Waals surface area contributed by atoms with Crippen LogP contribution in [-0.2, 0) is 4.79 Å². The Bertz CT molecular complexity index is 1110. The average Bonchev–Trinajstić information content (AvgIpc) is 2.69. The number of nitrogens with zero attached hydrogens (tertiary/aromatic N) is 2. The van der Waals surface area contributed by atoms with Crippen LogP contribution in [0.25, 0.3) is 11.3 Å². The molecule has 1 heterocycles. The molecule has 148 valence electrons. The minimum Gasteiger partial charge on any atom is -0.398 e. The zero-order chi connectivity index (χ0) is 21.0. The highest BCUT2D eigenvalue weighted by Gasteiger charge is 2.18. The summed E-state index contributed by atoms with van der Waals surface area (Å²) in [4.78, 5) is 38.4. The van der Waals surface area contributed by atoms with Crippen molar-refractivity contribution in [2.45, 2.75) is 17.3 Å². The SMILES string of the molecule is C[C@H](Sc1nnc(-c2ccccc2N)c(=O)[nH]1)C(=O)Nc1ccc(C(N)=O)cc1. The van der Waals surface area contributed by atoms with Gasteiger partial charge in [-0.3, -0.25) is 19.4 Å². The Morgan fingerprint density at radius 1 is 1.10 bits per heavy atom. The summed E-state index contributed by atoms with van der Waals surface area (Å²) in [5.41, 5.74) is 12.5. The molecule has 9 nitrogen and oxygen atoms in total. The number of aromatic amines is 1. The molecule has 0 spiro atoms. The molecule has 0 aliphatic rings. The van der Waals surface area contributed by atoms with Gasteiger partial charge in [0.1, 0.15) is 0 Å². The van der Waals surface area contributed by atoms with E-state index >= 15 is 0 Å². The summed E-state index contributed by atoms with van der Waals surface area (Å²) in [5.74, 6) is -0.851. The molecule has 0 unspecified atom stereocenters. The minimum atomic E-state index is -0.566. The Morgan fingerprint density at radius 3 is 2.41 bits per heavy atom. The number of thioether (sulfide) groups is 1. The number of H-pyrrole nitrogens is 1. The van der Waals surface area contributed by atoms with Crippen molar-refractivity contribution in [2.75, 3.05) is 11.1 Å². The lowest BCUT2D eigenvalue weighted by Gasteiger charge is -2.11. The first-order chi connectivity index (χ1) is 13.8. The van der Waals surface area contributed by atoms with E-state index in [4.69, 9.17) is 11.5 Å². The minimum absolute atomic E-state index is 0.110. The van der Waals surface area contributed by atoms with Crippen molar-refractivity contribution in [3.05, 3.63) is 64.4 Å². The number of carbonyl (C=O) groups excluding carboxylic acids is 2. The van der Waals surface area contributed by atoms with Gasteiger partial charge in [-0.2, -0.15) is 0 Å². The molecule has 3 rings (SSSR count). The van der Waals surface area contributed by atoms with Gasteiger partial charge < -0.3 is 16.8 Å². The van der Waals surface area contributed by atoms with Gasteiger partial charge in [-0.15, -0.1) is 10.2 Å². The van der Waals surface area contributed by atoms with Gasteiger partial charge in [-0.1, -0.05) is 30.0 Å². The maximum absolute atomic E-state index is 12.4. The Hall–Kier alpha value is -3.66. The number of nitrogens with two attached hydrogens (primary N) is 2. The third-order valence-corrected chi connectivity index (χ3v) is 4.96. The standard InChI is InChI=1S/C19H18N6O3S/c1-10(17(27)22-12-8-6-11(7-9-12)16(21)26)29-19-23-18(28)15(24-25-19)13-4-2-3-5-14(13)20/h2-10H,20H2,1H3,(H2,21,26)(H,22,27)(H,23,25,28)/t10-/m0/s1. The van der Waals surface area contributed by atoms with E-state index in [-0.39, 0.29) is 16.8 Å². The van der Waals surface area contributed by atoms with Crippen molar-refractivity contribution in [2.24, 2.45) is 5.73 Å². The van der Waals surface area contributed by atoms with Crippen molar-refractivity contribution < 1.29 is 9.59 Å². The third kappa shape index (κ3) is 4.79. The van der Waals surface area contributed by atoms with E-state index in [1.54, 1.807) is 43.3 Å². The lowest BCUT2D eigenvalue weighted by Crippen LogP contribution is -2.24. The molecule has 0 fully saturated rings. The van der Waals surface area contributed by atoms with E-state index in [1.165, 1.54) is 12.1 Å². The quantitative estimate of drug-likeness (QED) is 0.355. The molecule has 0 saturated carbocycles. The number of benzene rings is 2. The molecule has 0 bridgehead atoms. The van der Waals surface area contributed by atoms with Gasteiger partial charge in [0.05, 0.1) is 5.25 Å². The van der Waals surface area contributed by atoms with E-state index < -0.39 is 16.7 Å². The number of amides is 2. The fourth-order valence-electron chi connectivity index (χ4n) is 2.45. The zero-order valence-corrected chi connectivity index (χ0v) is 16.2. The predicted octanol–water partition coefficient (Wildman–Crippen LogP) is 1.63. The molecule has 1 atom stereocenters. The summed E-state index contributed by atoms with van der Waals surface area (Å²) in [5, 5.41) is 10.3. The molecule has 0 aliphatic heterocycles. The van der Waals surface area contributed by atoms with Crippen LogP contribution in [0.15, 0.2) is 58.5 Å². The Kier molecular flexibility index (Phi) is 5.93. The van der Waals surface area contributed by atoms with Crippen LogP contribution in [0.3, 0.4) is 0 Å². The van der Waals surface area contributed by atoms with Crippen LogP contribution in [0, 0.1) is 0 Å². The topological polar surface area (TPSA) is 157 Å². The van der Waals surface area contributed by atoms with Gasteiger partial charge in [0, 0.05) is 22.5 Å². The Morgan fingerprint density at radius 2 is 1.79 bits per heavy atom. The van der Waals surface area contributed by atoms with Crippen molar-refractivity contribution in [1.29, 1.82) is 0 Å². The summed E-state index contributed by atoms with van der Waals surface area (Å²) < 4.78 is 0. The molecular weight excluding hydrogens is 392 g/mol. The fraction of sp³-hybridized carbons (Fsp3) is 0.105. The molecule has 10 heteroatoms. The van der Waals surface area contributed by atoms with Gasteiger partial charge >= 0.3 is 0 Å². The third-order valence-electron chi connectivity index (χ3n) is 3.99. The summed E-state index contributed by atoms with van der Waals surface area (Å²) in [6.07, 6.45) is 0. The van der Waals surface area contributed by atoms with Gasteiger partial charge in [0.25, 0.3) is 5.56 Å². The highest BCUT2D eigenvalue weighted by molar-refractivity contribution is 8.00. The van der Waals surface area contributed by atoms with Crippen LogP contribution in [-0.4, -0.2) is 32.2 Å². The number of carbonyl (C=O) groups is 2. The fourth-order valence-corrected chi connectivity index (χ4v) is 3.19. The van der Waals surface area contributed by atoms with Gasteiger partial charge in [-0.25, -0.2) is 0 Å². The van der Waals surface area contributed by atoms with Crippen LogP contribution in [0.1, 0.15) is 17.3 Å². The summed E-state index contributed by atoms with van der Waals surface area (Å²) >= 11 is 1.05. The Balaban J connectivity index is 1.68. The molecule has 6 N–H and O–H groups in total. The summed E-state index contributed by atoms with van der Waals surface area (Å²) in [7, 11) is 0. The van der Waals surface area contributed by atoms with Crippen LogP contribution in [0.4, 0.5) is 11.4 Å². The molecule has 1 aromatic heterocycles. The monoisotopic (exact) mass is 410 g/mol. The molecule has 0 saturated heterocycles. The van der Waals surface area contributed by atoms with Crippen molar-refractivity contribution >= 4 is 35.0 Å². The number of aromatic nitrogens is 3. The zero-order valence-electron chi connectivity index (χ0n) is 15.4. The number of anilines is 2. The maximum atomic E-state index is 12.4. The second kappa shape index (κ2) is 8.57. The normalized spacial score (nSPS) is 11.6. The van der Waals surface area contributed by atoms with Gasteiger partial charge in [-0.05, 0) is 37.3 Å². The Labute approximate surface area is 169 Å². The number of hydrogen-bond acceptors (Lipinski definition) is 7. The first kappa shape index (κ1) is 20.1. The highest BCUT2D eigenvalue weighted by atomic mass is 32.2. The predicted molar refractivity (Wildman–Crippen MR) is 111 cm³/mol. The average molecular weight is 410 g/mol. The molecule has 3 aromatic rings. The molecule has 29 heavy (non-hydrogen) atoms. The molecule has 0 radical (unpaired) electrons. The first-order valence-electron chi connectivity index (χ1n) is 8.54. The largest absolute Gasteiger partial charge is 0.398 e. The number of para-hydroxylation sites is 1. The van der Waals surface area contributed by atoms with Gasteiger partial charge in [0.2, 0.25) is 11.8 Å². The number of rotatable bonds is 6. The van der Waals surface area contributed by atoms with Crippen LogP contribution >= 0.6 is 11.8 Å². The maximum Gasteiger partial charge on any atom is 0.278 e. The first-order valence-corrected chi connectivity index (χ1v) is 9.42. The second-order valence-corrected chi connectivity index (χ2v) is 7.42. The number of nitrogen functional groups attached to an aromatic ring is 1.